The number of amides is 2. The summed E-state index contributed by atoms with van der Waals surface area (Å²) in [6, 6.07) is 2.08. The molecule has 3 heterocycles. The molecule has 1 aromatic carbocycles. The zero-order valence-electron chi connectivity index (χ0n) is 19.7. The lowest BCUT2D eigenvalue weighted by molar-refractivity contribution is -0.114. The zero-order chi connectivity index (χ0) is 26.2. The van der Waals surface area contributed by atoms with Crippen molar-refractivity contribution >= 4 is 35.2 Å². The van der Waals surface area contributed by atoms with Crippen molar-refractivity contribution in [2.24, 2.45) is 0 Å². The first kappa shape index (κ1) is 25.1. The Hall–Kier alpha value is -4.03. The van der Waals surface area contributed by atoms with Crippen LogP contribution in [0.3, 0.4) is 0 Å². The van der Waals surface area contributed by atoms with E-state index in [4.69, 9.17) is 14.0 Å². The average molecular weight is 508 g/mol. The van der Waals surface area contributed by atoms with Crippen LogP contribution in [0.15, 0.2) is 35.2 Å². The second-order valence-corrected chi connectivity index (χ2v) is 9.14. The van der Waals surface area contributed by atoms with Gasteiger partial charge in [-0.1, -0.05) is 5.16 Å². The number of allylic oxidation sites excluding steroid dienone is 1. The summed E-state index contributed by atoms with van der Waals surface area (Å²) in [5.74, 6) is -4.24. The Morgan fingerprint density at radius 3 is 2.61 bits per heavy atom. The largest absolute Gasteiger partial charge is 0.443 e. The summed E-state index contributed by atoms with van der Waals surface area (Å²) in [6.45, 7) is 4.39. The Kier molecular flexibility index (Phi) is 6.65. The number of anilines is 3. The van der Waals surface area contributed by atoms with Crippen molar-refractivity contribution in [2.45, 2.75) is 38.9 Å². The van der Waals surface area contributed by atoms with Gasteiger partial charge in [-0.2, -0.15) is 0 Å². The quantitative estimate of drug-likeness (QED) is 0.555. The predicted octanol–water partition coefficient (Wildman–Crippen LogP) is 4.15. The molecule has 4 rings (SSSR count). The minimum Gasteiger partial charge on any atom is -0.443 e. The van der Waals surface area contributed by atoms with Crippen LogP contribution in [0.1, 0.15) is 27.2 Å². The fourth-order valence-electron chi connectivity index (χ4n) is 3.72. The molecule has 1 unspecified atom stereocenters. The molecule has 1 saturated heterocycles. The minimum atomic E-state index is -1.52. The maximum atomic E-state index is 15.0. The lowest BCUT2D eigenvalue weighted by atomic mass is 10.1. The lowest BCUT2D eigenvalue weighted by Gasteiger charge is -2.27. The molecule has 1 aromatic heterocycles. The summed E-state index contributed by atoms with van der Waals surface area (Å²) in [5, 5.41) is 3.71. The highest BCUT2D eigenvalue weighted by Crippen LogP contribution is 2.35. The molecule has 192 valence electrons. The van der Waals surface area contributed by atoms with Gasteiger partial charge < -0.3 is 18.9 Å². The van der Waals surface area contributed by atoms with Crippen LogP contribution >= 0.6 is 0 Å². The van der Waals surface area contributed by atoms with Crippen LogP contribution in [0.2, 0.25) is 0 Å². The average Bonchev–Trinajstić information content (AvgIpc) is 3.44. The molecule has 2 aliphatic heterocycles. The molecule has 0 spiro atoms. The van der Waals surface area contributed by atoms with E-state index >= 15 is 4.39 Å². The number of halogens is 3. The van der Waals surface area contributed by atoms with Gasteiger partial charge in [0.1, 0.15) is 23.7 Å². The molecule has 1 atom stereocenters. The summed E-state index contributed by atoms with van der Waals surface area (Å²) < 4.78 is 60.2. The molecule has 0 saturated carbocycles. The van der Waals surface area contributed by atoms with E-state index in [-0.39, 0.29) is 37.7 Å². The first-order valence-corrected chi connectivity index (χ1v) is 11.0. The van der Waals surface area contributed by atoms with Crippen molar-refractivity contribution in [1.82, 2.24) is 5.16 Å². The summed E-state index contributed by atoms with van der Waals surface area (Å²) >= 11 is 0. The number of aromatic nitrogens is 1. The van der Waals surface area contributed by atoms with Crippen LogP contribution in [0, 0.1) is 17.5 Å². The summed E-state index contributed by atoms with van der Waals surface area (Å²) in [4.78, 5) is 39.5. The van der Waals surface area contributed by atoms with Crippen LogP contribution in [-0.4, -0.2) is 54.5 Å². The van der Waals surface area contributed by atoms with E-state index in [9.17, 15) is 23.2 Å². The molecular formula is C23H23F3N4O6. The smallest absolute Gasteiger partial charge is 0.416 e. The maximum Gasteiger partial charge on any atom is 0.416 e. The highest BCUT2D eigenvalue weighted by molar-refractivity contribution is 5.93. The molecule has 1 fully saturated rings. The molecule has 0 radical (unpaired) electrons. The molecule has 2 aromatic rings. The van der Waals surface area contributed by atoms with Crippen LogP contribution < -0.4 is 14.7 Å². The van der Waals surface area contributed by atoms with Crippen LogP contribution in [0.4, 0.5) is 40.0 Å². The standard InChI is InChI=1S/C23H23F3N4O6/c1-23(2,3)36-22(33)30(17-6-9-34-27-17)12-14-11-29(21(32)35-14)16-10-15(24)20(19(26)18(16)25)28-7-4-13(31)5-8-28/h4,6-7,9-10,14H,5,8,11-12H2,1-3H3. The fraction of sp³-hybridized carbons (Fsp3) is 0.391. The first-order chi connectivity index (χ1) is 16.9. The second kappa shape index (κ2) is 9.55. The number of rotatable bonds is 5. The van der Waals surface area contributed by atoms with E-state index in [1.54, 1.807) is 20.8 Å². The van der Waals surface area contributed by atoms with Crippen LogP contribution in [0.25, 0.3) is 0 Å². The monoisotopic (exact) mass is 508 g/mol. The van der Waals surface area contributed by atoms with Gasteiger partial charge in [-0.3, -0.25) is 14.6 Å². The van der Waals surface area contributed by atoms with E-state index in [1.807, 2.05) is 0 Å². The van der Waals surface area contributed by atoms with Crippen molar-refractivity contribution in [3.8, 4) is 0 Å². The van der Waals surface area contributed by atoms with Gasteiger partial charge in [0.15, 0.2) is 29.1 Å². The Morgan fingerprint density at radius 1 is 1.25 bits per heavy atom. The number of hydrogen-bond acceptors (Lipinski definition) is 8. The van der Waals surface area contributed by atoms with E-state index < -0.39 is 52.7 Å². The van der Waals surface area contributed by atoms with E-state index in [1.165, 1.54) is 18.5 Å². The topological polar surface area (TPSA) is 105 Å². The third-order valence-electron chi connectivity index (χ3n) is 5.31. The molecule has 2 amide bonds. The molecule has 0 bridgehead atoms. The first-order valence-electron chi connectivity index (χ1n) is 11.0. The van der Waals surface area contributed by atoms with Crippen molar-refractivity contribution in [2.75, 3.05) is 34.3 Å². The summed E-state index contributed by atoms with van der Waals surface area (Å²) in [5.41, 5.74) is -2.18. The van der Waals surface area contributed by atoms with Crippen molar-refractivity contribution in [1.29, 1.82) is 0 Å². The lowest BCUT2D eigenvalue weighted by Crippen LogP contribution is -2.42. The van der Waals surface area contributed by atoms with E-state index in [0.29, 0.717) is 6.07 Å². The summed E-state index contributed by atoms with van der Waals surface area (Å²) in [7, 11) is 0. The number of carbonyl (C=O) groups excluding carboxylic acids is 3. The van der Waals surface area contributed by atoms with Crippen molar-refractivity contribution in [3.63, 3.8) is 0 Å². The van der Waals surface area contributed by atoms with Gasteiger partial charge in [-0.05, 0) is 26.8 Å². The van der Waals surface area contributed by atoms with Gasteiger partial charge in [-0.25, -0.2) is 22.8 Å². The van der Waals surface area contributed by atoms with E-state index in [0.717, 1.165) is 20.8 Å². The molecule has 2 aliphatic rings. The maximum absolute atomic E-state index is 15.0. The third kappa shape index (κ3) is 5.14. The molecule has 36 heavy (non-hydrogen) atoms. The zero-order valence-corrected chi connectivity index (χ0v) is 19.7. The Bertz CT molecular complexity index is 1210. The Balaban J connectivity index is 1.56. The van der Waals surface area contributed by atoms with Gasteiger partial charge in [-0.15, -0.1) is 0 Å². The number of benzene rings is 1. The number of ether oxygens (including phenoxy) is 2. The highest BCUT2D eigenvalue weighted by atomic mass is 19.2. The normalized spacial score (nSPS) is 18.0. The SMILES string of the molecule is CC(C)(C)OC(=O)N(CC1CN(c2cc(F)c(N3C=CC(=O)CC3)c(F)c2F)C(=O)O1)c1ccon1. The third-order valence-corrected chi connectivity index (χ3v) is 5.31. The number of ketones is 1. The number of carbonyl (C=O) groups is 3. The van der Waals surface area contributed by atoms with Gasteiger partial charge >= 0.3 is 12.2 Å². The predicted molar refractivity (Wildman–Crippen MR) is 120 cm³/mol. The van der Waals surface area contributed by atoms with Gasteiger partial charge in [0.05, 0.1) is 18.8 Å². The van der Waals surface area contributed by atoms with Crippen molar-refractivity contribution < 1.29 is 41.6 Å². The molecule has 10 nitrogen and oxygen atoms in total. The van der Waals surface area contributed by atoms with Crippen LogP contribution in [-0.2, 0) is 14.3 Å². The summed E-state index contributed by atoms with van der Waals surface area (Å²) in [6.07, 6.45) is 0.686. The van der Waals surface area contributed by atoms with Gasteiger partial charge in [0.25, 0.3) is 0 Å². The number of cyclic esters (lactones) is 1. The molecular weight excluding hydrogens is 485 g/mol. The molecule has 0 N–H and O–H groups in total. The van der Waals surface area contributed by atoms with Gasteiger partial charge in [0.2, 0.25) is 0 Å². The Labute approximate surface area is 203 Å². The van der Waals surface area contributed by atoms with Crippen LogP contribution in [0.5, 0.6) is 0 Å². The number of hydrogen-bond donors (Lipinski definition) is 0. The highest BCUT2D eigenvalue weighted by Gasteiger charge is 2.39. The molecule has 0 aliphatic carbocycles. The number of nitrogens with zero attached hydrogens (tertiary/aromatic N) is 4. The van der Waals surface area contributed by atoms with E-state index in [2.05, 4.69) is 5.16 Å². The molecule has 13 heteroatoms. The fourth-order valence-corrected chi connectivity index (χ4v) is 3.72. The minimum absolute atomic E-state index is 0.0125. The Morgan fingerprint density at radius 2 is 2.00 bits per heavy atom. The van der Waals surface area contributed by atoms with Crippen molar-refractivity contribution in [3.05, 3.63) is 48.1 Å². The second-order valence-electron chi connectivity index (χ2n) is 9.14. The van der Waals surface area contributed by atoms with Gasteiger partial charge in [0, 0.05) is 31.3 Å².